The predicted octanol–water partition coefficient (Wildman–Crippen LogP) is 2.57. The minimum absolute atomic E-state index is 0.0332. The van der Waals surface area contributed by atoms with Crippen LogP contribution in [0.3, 0.4) is 0 Å². The van der Waals surface area contributed by atoms with Crippen molar-refractivity contribution in [1.82, 2.24) is 0 Å². The van der Waals surface area contributed by atoms with Crippen LogP contribution in [0.5, 0.6) is 5.75 Å². The van der Waals surface area contributed by atoms with Crippen molar-refractivity contribution in [3.8, 4) is 17.9 Å². The van der Waals surface area contributed by atoms with Crippen molar-refractivity contribution in [3.05, 3.63) is 23.8 Å². The first-order chi connectivity index (χ1) is 8.97. The highest BCUT2D eigenvalue weighted by Crippen LogP contribution is 2.26. The van der Waals surface area contributed by atoms with Gasteiger partial charge in [0.25, 0.3) is 0 Å². The standard InChI is InChI=1S/C12H10F2N4O/c1-7(2)19-12-10(13)3-8(4-11(12)14)17-18-9(5-15)6-16/h3-4,7,17H,1-2H3. The van der Waals surface area contributed by atoms with Crippen LogP contribution in [0.15, 0.2) is 17.2 Å². The molecular formula is C12H10F2N4O. The van der Waals surface area contributed by atoms with Gasteiger partial charge in [-0.3, -0.25) is 5.43 Å². The Balaban J connectivity index is 3.00. The smallest absolute Gasteiger partial charge is 0.237 e. The number of hydrazone groups is 1. The first-order valence-corrected chi connectivity index (χ1v) is 5.27. The lowest BCUT2D eigenvalue weighted by Gasteiger charge is -2.12. The highest BCUT2D eigenvalue weighted by atomic mass is 19.1. The van der Waals surface area contributed by atoms with Gasteiger partial charge in [-0.05, 0) is 13.8 Å². The maximum atomic E-state index is 13.6. The van der Waals surface area contributed by atoms with E-state index in [9.17, 15) is 8.78 Å². The van der Waals surface area contributed by atoms with Crippen molar-refractivity contribution < 1.29 is 13.5 Å². The van der Waals surface area contributed by atoms with Crippen LogP contribution < -0.4 is 10.2 Å². The molecule has 19 heavy (non-hydrogen) atoms. The van der Waals surface area contributed by atoms with Crippen LogP contribution in [-0.4, -0.2) is 11.8 Å². The molecule has 0 atom stereocenters. The van der Waals surface area contributed by atoms with Crippen molar-refractivity contribution in [1.29, 1.82) is 10.5 Å². The molecule has 0 aromatic heterocycles. The van der Waals surface area contributed by atoms with Gasteiger partial charge in [0.1, 0.15) is 12.1 Å². The fourth-order valence-corrected chi connectivity index (χ4v) is 1.17. The zero-order valence-corrected chi connectivity index (χ0v) is 10.2. The SMILES string of the molecule is CC(C)Oc1c(F)cc(NN=C(C#N)C#N)cc1F. The molecular weight excluding hydrogens is 254 g/mol. The number of nitrogens with zero attached hydrogens (tertiary/aromatic N) is 3. The molecule has 5 nitrogen and oxygen atoms in total. The van der Waals surface area contributed by atoms with E-state index in [1.54, 1.807) is 13.8 Å². The molecule has 0 heterocycles. The van der Waals surface area contributed by atoms with Gasteiger partial charge in [-0.15, -0.1) is 0 Å². The summed E-state index contributed by atoms with van der Waals surface area (Å²) in [5.74, 6) is -2.28. The Morgan fingerprint density at radius 1 is 1.26 bits per heavy atom. The van der Waals surface area contributed by atoms with Crippen molar-refractivity contribution >= 4 is 11.4 Å². The molecule has 0 spiro atoms. The van der Waals surface area contributed by atoms with Crippen LogP contribution in [0.2, 0.25) is 0 Å². The van der Waals surface area contributed by atoms with Crippen molar-refractivity contribution in [3.63, 3.8) is 0 Å². The van der Waals surface area contributed by atoms with Crippen LogP contribution in [0.25, 0.3) is 0 Å². The molecule has 1 aromatic carbocycles. The van der Waals surface area contributed by atoms with Crippen LogP contribution >= 0.6 is 0 Å². The first-order valence-electron chi connectivity index (χ1n) is 5.27. The average Bonchev–Trinajstić information content (AvgIpc) is 2.35. The molecule has 0 aliphatic rings. The fourth-order valence-electron chi connectivity index (χ4n) is 1.17. The third kappa shape index (κ3) is 3.93. The molecule has 0 aliphatic carbocycles. The third-order valence-corrected chi connectivity index (χ3v) is 1.86. The molecule has 98 valence electrons. The molecule has 7 heteroatoms. The summed E-state index contributed by atoms with van der Waals surface area (Å²) in [6, 6.07) is 4.92. The summed E-state index contributed by atoms with van der Waals surface area (Å²) >= 11 is 0. The van der Waals surface area contributed by atoms with E-state index < -0.39 is 23.1 Å². The Kier molecular flexibility index (Phi) is 4.78. The second-order valence-corrected chi connectivity index (χ2v) is 3.73. The van der Waals surface area contributed by atoms with Gasteiger partial charge < -0.3 is 4.74 Å². The van der Waals surface area contributed by atoms with Gasteiger partial charge in [0.15, 0.2) is 17.4 Å². The van der Waals surface area contributed by atoms with E-state index in [0.717, 1.165) is 12.1 Å². The van der Waals surface area contributed by atoms with E-state index in [4.69, 9.17) is 15.3 Å². The fraction of sp³-hybridized carbons (Fsp3) is 0.250. The minimum atomic E-state index is -0.901. The Bertz CT molecular complexity index is 545. The molecule has 0 fully saturated rings. The van der Waals surface area contributed by atoms with Gasteiger partial charge in [-0.1, -0.05) is 0 Å². The molecule has 0 radical (unpaired) electrons. The van der Waals surface area contributed by atoms with Crippen LogP contribution in [0, 0.1) is 34.3 Å². The van der Waals surface area contributed by atoms with Crippen LogP contribution in [-0.2, 0) is 0 Å². The number of nitriles is 2. The normalized spacial score (nSPS) is 9.42. The Labute approximate surface area is 108 Å². The molecule has 1 aromatic rings. The van der Waals surface area contributed by atoms with Crippen LogP contribution in [0.4, 0.5) is 14.5 Å². The predicted molar refractivity (Wildman–Crippen MR) is 64.4 cm³/mol. The van der Waals surface area contributed by atoms with Crippen molar-refractivity contribution in [2.24, 2.45) is 5.10 Å². The van der Waals surface area contributed by atoms with Gasteiger partial charge in [0.2, 0.25) is 5.71 Å². The van der Waals surface area contributed by atoms with Gasteiger partial charge >= 0.3 is 0 Å². The molecule has 0 saturated carbocycles. The summed E-state index contributed by atoms with van der Waals surface area (Å²) in [4.78, 5) is 0. The summed E-state index contributed by atoms with van der Waals surface area (Å²) in [6.07, 6.45) is -0.371. The van der Waals surface area contributed by atoms with Crippen molar-refractivity contribution in [2.75, 3.05) is 5.43 Å². The number of anilines is 1. The van der Waals surface area contributed by atoms with E-state index in [2.05, 4.69) is 10.5 Å². The number of hydrogen-bond donors (Lipinski definition) is 1. The molecule has 1 N–H and O–H groups in total. The molecule has 0 aliphatic heterocycles. The maximum absolute atomic E-state index is 13.6. The van der Waals surface area contributed by atoms with Gasteiger partial charge in [0.05, 0.1) is 11.8 Å². The first kappa shape index (κ1) is 14.4. The second-order valence-electron chi connectivity index (χ2n) is 3.73. The Morgan fingerprint density at radius 2 is 1.79 bits per heavy atom. The number of benzene rings is 1. The maximum Gasteiger partial charge on any atom is 0.237 e. The summed E-state index contributed by atoms with van der Waals surface area (Å²) in [6.45, 7) is 3.28. The zero-order chi connectivity index (χ0) is 14.4. The Hall–Kier alpha value is -2.67. The molecule has 0 amide bonds. The number of hydrogen-bond acceptors (Lipinski definition) is 5. The average molecular weight is 264 g/mol. The number of rotatable bonds is 4. The van der Waals surface area contributed by atoms with Crippen LogP contribution in [0.1, 0.15) is 13.8 Å². The quantitative estimate of drug-likeness (QED) is 0.669. The number of nitrogens with one attached hydrogen (secondary N) is 1. The van der Waals surface area contributed by atoms with E-state index in [1.165, 1.54) is 12.1 Å². The number of ether oxygens (including phenoxy) is 1. The van der Waals surface area contributed by atoms with E-state index in [0.29, 0.717) is 0 Å². The topological polar surface area (TPSA) is 81.2 Å². The van der Waals surface area contributed by atoms with Gasteiger partial charge in [-0.25, -0.2) is 8.78 Å². The summed E-state index contributed by atoms with van der Waals surface area (Å²) in [5, 5.41) is 20.3. The number of halogens is 2. The highest BCUT2D eigenvalue weighted by Gasteiger charge is 2.14. The minimum Gasteiger partial charge on any atom is -0.485 e. The van der Waals surface area contributed by atoms with E-state index in [-0.39, 0.29) is 11.8 Å². The van der Waals surface area contributed by atoms with E-state index >= 15 is 0 Å². The highest BCUT2D eigenvalue weighted by molar-refractivity contribution is 6.10. The third-order valence-electron chi connectivity index (χ3n) is 1.86. The monoisotopic (exact) mass is 264 g/mol. The Morgan fingerprint density at radius 3 is 2.21 bits per heavy atom. The summed E-state index contributed by atoms with van der Waals surface area (Å²) in [7, 11) is 0. The van der Waals surface area contributed by atoms with Crippen molar-refractivity contribution in [2.45, 2.75) is 20.0 Å². The van der Waals surface area contributed by atoms with E-state index in [1.807, 2.05) is 0 Å². The zero-order valence-electron chi connectivity index (χ0n) is 10.2. The largest absolute Gasteiger partial charge is 0.485 e. The second kappa shape index (κ2) is 6.31. The lowest BCUT2D eigenvalue weighted by atomic mass is 10.2. The molecule has 0 bridgehead atoms. The molecule has 1 rings (SSSR count). The summed E-state index contributed by atoms with van der Waals surface area (Å²) in [5.41, 5.74) is 1.73. The molecule has 0 unspecified atom stereocenters. The lowest BCUT2D eigenvalue weighted by Crippen LogP contribution is -2.09. The lowest BCUT2D eigenvalue weighted by molar-refractivity contribution is 0.219. The van der Waals surface area contributed by atoms with Gasteiger partial charge in [0, 0.05) is 12.1 Å². The van der Waals surface area contributed by atoms with Gasteiger partial charge in [-0.2, -0.15) is 15.6 Å². The summed E-state index contributed by atoms with van der Waals surface area (Å²) < 4.78 is 32.1. The molecule has 0 saturated heterocycles.